The molecule has 0 aromatic rings. The van der Waals surface area contributed by atoms with E-state index in [1.165, 1.54) is 25.7 Å². The number of hydrogen-bond donors (Lipinski definition) is 2. The summed E-state index contributed by atoms with van der Waals surface area (Å²) < 4.78 is 5.00. The second-order valence-corrected chi connectivity index (χ2v) is 4.92. The van der Waals surface area contributed by atoms with Crippen LogP contribution in [0.15, 0.2) is 0 Å². The van der Waals surface area contributed by atoms with Gasteiger partial charge in [0.15, 0.2) is 0 Å². The first-order chi connectivity index (χ1) is 7.22. The number of nitrogens with two attached hydrogens (primary N) is 1. The van der Waals surface area contributed by atoms with Gasteiger partial charge in [-0.3, -0.25) is 0 Å². The Bertz CT molecular complexity index is 169. The third-order valence-corrected chi connectivity index (χ3v) is 3.34. The van der Waals surface area contributed by atoms with Crippen LogP contribution < -0.4 is 11.1 Å². The molecule has 1 aliphatic carbocycles. The third kappa shape index (κ3) is 4.96. The number of rotatable bonds is 9. The molecular formula is C12H26N2O. The number of hydrogen-bond acceptors (Lipinski definition) is 3. The first-order valence-electron chi connectivity index (χ1n) is 6.18. The van der Waals surface area contributed by atoms with Crippen LogP contribution in [0.4, 0.5) is 0 Å². The second kappa shape index (κ2) is 6.46. The van der Waals surface area contributed by atoms with Crippen LogP contribution in [0, 0.1) is 5.41 Å². The van der Waals surface area contributed by atoms with Crippen molar-refractivity contribution < 1.29 is 4.74 Å². The van der Waals surface area contributed by atoms with E-state index in [2.05, 4.69) is 12.2 Å². The average Bonchev–Trinajstić information content (AvgIpc) is 2.96. The summed E-state index contributed by atoms with van der Waals surface area (Å²) in [6.45, 7) is 5.11. The zero-order valence-electron chi connectivity index (χ0n) is 10.2. The molecule has 0 aliphatic heterocycles. The minimum absolute atomic E-state index is 0.238. The lowest BCUT2D eigenvalue weighted by molar-refractivity contribution is 0.187. The molecule has 0 heterocycles. The van der Waals surface area contributed by atoms with Gasteiger partial charge in [-0.1, -0.05) is 13.3 Å². The van der Waals surface area contributed by atoms with Gasteiger partial charge in [0.1, 0.15) is 0 Å². The van der Waals surface area contributed by atoms with Crippen LogP contribution in [0.2, 0.25) is 0 Å². The summed E-state index contributed by atoms with van der Waals surface area (Å²) in [4.78, 5) is 0. The summed E-state index contributed by atoms with van der Waals surface area (Å²) in [5, 5.41) is 3.50. The van der Waals surface area contributed by atoms with Crippen molar-refractivity contribution in [1.82, 2.24) is 5.32 Å². The SMILES string of the molecule is CCCC1(CNCC(N)CCOC)CC1. The Labute approximate surface area is 93.8 Å². The number of nitrogens with one attached hydrogen (secondary N) is 1. The molecule has 1 unspecified atom stereocenters. The van der Waals surface area contributed by atoms with E-state index >= 15 is 0 Å². The van der Waals surface area contributed by atoms with Gasteiger partial charge in [0, 0.05) is 32.8 Å². The highest BCUT2D eigenvalue weighted by atomic mass is 16.5. The van der Waals surface area contributed by atoms with Gasteiger partial charge >= 0.3 is 0 Å². The van der Waals surface area contributed by atoms with E-state index in [1.54, 1.807) is 7.11 Å². The van der Waals surface area contributed by atoms with Gasteiger partial charge in [-0.25, -0.2) is 0 Å². The Morgan fingerprint density at radius 2 is 2.20 bits per heavy atom. The molecule has 0 amide bonds. The monoisotopic (exact) mass is 214 g/mol. The zero-order valence-corrected chi connectivity index (χ0v) is 10.2. The Kier molecular flexibility index (Phi) is 5.58. The Balaban J connectivity index is 2.00. The molecule has 0 saturated heterocycles. The molecule has 1 rings (SSSR count). The van der Waals surface area contributed by atoms with Crippen molar-refractivity contribution in [2.45, 2.75) is 45.1 Å². The van der Waals surface area contributed by atoms with Crippen molar-refractivity contribution >= 4 is 0 Å². The van der Waals surface area contributed by atoms with E-state index in [0.717, 1.165) is 26.1 Å². The number of methoxy groups -OCH3 is 1. The predicted octanol–water partition coefficient (Wildman–Crippen LogP) is 1.52. The van der Waals surface area contributed by atoms with Gasteiger partial charge in [0.25, 0.3) is 0 Å². The standard InChI is InChI=1S/C12H26N2O/c1-3-5-12(6-7-12)10-14-9-11(13)4-8-15-2/h11,14H,3-10,13H2,1-2H3. The second-order valence-electron chi connectivity index (χ2n) is 4.92. The van der Waals surface area contributed by atoms with Gasteiger partial charge in [-0.05, 0) is 31.1 Å². The van der Waals surface area contributed by atoms with Crippen molar-refractivity contribution in [1.29, 1.82) is 0 Å². The van der Waals surface area contributed by atoms with E-state index in [0.29, 0.717) is 5.41 Å². The van der Waals surface area contributed by atoms with Crippen LogP contribution >= 0.6 is 0 Å². The molecule has 0 spiro atoms. The molecule has 1 saturated carbocycles. The highest BCUT2D eigenvalue weighted by Gasteiger charge is 2.40. The minimum atomic E-state index is 0.238. The molecule has 1 atom stereocenters. The highest BCUT2D eigenvalue weighted by molar-refractivity contribution is 4.94. The molecule has 15 heavy (non-hydrogen) atoms. The lowest BCUT2D eigenvalue weighted by Crippen LogP contribution is -2.37. The third-order valence-electron chi connectivity index (χ3n) is 3.34. The predicted molar refractivity (Wildman–Crippen MR) is 63.9 cm³/mol. The van der Waals surface area contributed by atoms with Crippen LogP contribution in [0.5, 0.6) is 0 Å². The van der Waals surface area contributed by atoms with E-state index in [-0.39, 0.29) is 6.04 Å². The van der Waals surface area contributed by atoms with Crippen molar-refractivity contribution in [3.05, 3.63) is 0 Å². The van der Waals surface area contributed by atoms with E-state index in [4.69, 9.17) is 10.5 Å². The van der Waals surface area contributed by atoms with Gasteiger partial charge < -0.3 is 15.8 Å². The van der Waals surface area contributed by atoms with E-state index in [9.17, 15) is 0 Å². The fraction of sp³-hybridized carbons (Fsp3) is 1.00. The van der Waals surface area contributed by atoms with Crippen molar-refractivity contribution in [3.8, 4) is 0 Å². The van der Waals surface area contributed by atoms with Crippen LogP contribution in [-0.2, 0) is 4.74 Å². The maximum absolute atomic E-state index is 5.94. The molecule has 3 nitrogen and oxygen atoms in total. The van der Waals surface area contributed by atoms with Crippen molar-refractivity contribution in [2.24, 2.45) is 11.1 Å². The lowest BCUT2D eigenvalue weighted by atomic mass is 10.0. The topological polar surface area (TPSA) is 47.3 Å². The summed E-state index contributed by atoms with van der Waals surface area (Å²) in [6, 6.07) is 0.238. The van der Waals surface area contributed by atoms with Gasteiger partial charge in [0.2, 0.25) is 0 Å². The Morgan fingerprint density at radius 1 is 1.47 bits per heavy atom. The summed E-state index contributed by atoms with van der Waals surface area (Å²) in [5.74, 6) is 0. The molecule has 90 valence electrons. The minimum Gasteiger partial charge on any atom is -0.385 e. The fourth-order valence-corrected chi connectivity index (χ4v) is 2.12. The van der Waals surface area contributed by atoms with Crippen LogP contribution in [0.3, 0.4) is 0 Å². The Morgan fingerprint density at radius 3 is 2.73 bits per heavy atom. The Hall–Kier alpha value is -0.120. The van der Waals surface area contributed by atoms with Crippen molar-refractivity contribution in [2.75, 3.05) is 26.8 Å². The van der Waals surface area contributed by atoms with E-state index in [1.807, 2.05) is 0 Å². The highest BCUT2D eigenvalue weighted by Crippen LogP contribution is 2.48. The maximum atomic E-state index is 5.94. The van der Waals surface area contributed by atoms with Gasteiger partial charge in [-0.2, -0.15) is 0 Å². The largest absolute Gasteiger partial charge is 0.385 e. The van der Waals surface area contributed by atoms with Crippen molar-refractivity contribution in [3.63, 3.8) is 0 Å². The normalized spacial score (nSPS) is 20.2. The average molecular weight is 214 g/mol. The molecule has 0 radical (unpaired) electrons. The quantitative estimate of drug-likeness (QED) is 0.612. The molecule has 1 fully saturated rings. The molecule has 0 aromatic carbocycles. The molecule has 1 aliphatic rings. The zero-order chi connectivity index (χ0) is 11.1. The smallest absolute Gasteiger partial charge is 0.0477 e. The summed E-state index contributed by atoms with van der Waals surface area (Å²) in [5.41, 5.74) is 6.58. The van der Waals surface area contributed by atoms with Crippen LogP contribution in [-0.4, -0.2) is 32.8 Å². The summed E-state index contributed by atoms with van der Waals surface area (Å²) in [7, 11) is 1.72. The molecule has 0 aromatic heterocycles. The maximum Gasteiger partial charge on any atom is 0.0477 e. The van der Waals surface area contributed by atoms with Gasteiger partial charge in [0.05, 0.1) is 0 Å². The van der Waals surface area contributed by atoms with E-state index < -0.39 is 0 Å². The summed E-state index contributed by atoms with van der Waals surface area (Å²) in [6.07, 6.45) is 6.43. The molecular weight excluding hydrogens is 188 g/mol. The first-order valence-corrected chi connectivity index (χ1v) is 6.18. The molecule has 3 heteroatoms. The lowest BCUT2D eigenvalue weighted by Gasteiger charge is -2.17. The van der Waals surface area contributed by atoms with Crippen LogP contribution in [0.1, 0.15) is 39.0 Å². The molecule has 0 bridgehead atoms. The first kappa shape index (κ1) is 12.9. The molecule has 3 N–H and O–H groups in total. The van der Waals surface area contributed by atoms with Gasteiger partial charge in [-0.15, -0.1) is 0 Å². The number of ether oxygens (including phenoxy) is 1. The van der Waals surface area contributed by atoms with Crippen LogP contribution in [0.25, 0.3) is 0 Å². The fourth-order valence-electron chi connectivity index (χ4n) is 2.12. The summed E-state index contributed by atoms with van der Waals surface area (Å²) >= 11 is 0.